The first-order valence-electron chi connectivity index (χ1n) is 5.94. The average Bonchev–Trinajstić information content (AvgIpc) is 2.90. The number of aryl methyl sites for hydroxylation is 1. The lowest BCUT2D eigenvalue weighted by atomic mass is 10.2. The molecule has 0 aliphatic heterocycles. The van der Waals surface area contributed by atoms with Gasteiger partial charge in [0.15, 0.2) is 0 Å². The van der Waals surface area contributed by atoms with Crippen molar-refractivity contribution in [1.82, 2.24) is 10.2 Å². The molecule has 0 unspecified atom stereocenters. The number of rotatable bonds is 5. The summed E-state index contributed by atoms with van der Waals surface area (Å²) in [5.74, 6) is -0.906. The fourth-order valence-corrected chi connectivity index (χ4v) is 2.23. The van der Waals surface area contributed by atoms with Crippen LogP contribution in [0.25, 0.3) is 0 Å². The van der Waals surface area contributed by atoms with E-state index < -0.39 is 10.9 Å². The van der Waals surface area contributed by atoms with Gasteiger partial charge in [-0.2, -0.15) is 0 Å². The summed E-state index contributed by atoms with van der Waals surface area (Å²) in [5.41, 5.74) is 0.708. The van der Waals surface area contributed by atoms with Crippen molar-refractivity contribution in [1.29, 1.82) is 0 Å². The van der Waals surface area contributed by atoms with E-state index in [1.54, 1.807) is 19.9 Å². The number of nitro benzene ring substituents is 1. The summed E-state index contributed by atoms with van der Waals surface area (Å²) < 4.78 is 9.90. The molecule has 110 valence electrons. The summed E-state index contributed by atoms with van der Waals surface area (Å²) in [6.45, 7) is 3.62. The second kappa shape index (κ2) is 6.35. The van der Waals surface area contributed by atoms with Crippen LogP contribution in [0.3, 0.4) is 0 Å². The van der Waals surface area contributed by atoms with Crippen LogP contribution in [-0.2, 0) is 4.74 Å². The zero-order valence-electron chi connectivity index (χ0n) is 11.2. The van der Waals surface area contributed by atoms with Gasteiger partial charge in [0.1, 0.15) is 0 Å². The van der Waals surface area contributed by atoms with Gasteiger partial charge in [-0.05, 0) is 37.2 Å². The van der Waals surface area contributed by atoms with Gasteiger partial charge in [-0.25, -0.2) is 4.79 Å². The summed E-state index contributed by atoms with van der Waals surface area (Å²) in [4.78, 5) is 22.3. The Balaban J connectivity index is 2.15. The molecule has 0 aliphatic carbocycles. The Morgan fingerprint density at radius 2 is 2.24 bits per heavy atom. The van der Waals surface area contributed by atoms with Gasteiger partial charge in [-0.3, -0.25) is 10.1 Å². The number of hydrogen-bond donors (Lipinski definition) is 0. The molecule has 2 rings (SSSR count). The lowest BCUT2D eigenvalue weighted by Gasteiger charge is -2.01. The van der Waals surface area contributed by atoms with Crippen molar-refractivity contribution in [3.05, 3.63) is 39.8 Å². The predicted molar refractivity (Wildman–Crippen MR) is 72.2 cm³/mol. The molecule has 0 radical (unpaired) electrons. The predicted octanol–water partition coefficient (Wildman–Crippen LogP) is 2.61. The first-order valence-corrected chi connectivity index (χ1v) is 6.76. The van der Waals surface area contributed by atoms with E-state index in [-0.39, 0.29) is 23.4 Å². The summed E-state index contributed by atoms with van der Waals surface area (Å²) in [7, 11) is 0. The molecule has 0 aliphatic rings. The standard InChI is InChI=1S/C12H11N3O5S/c1-3-19-11(16)10-13-14-12(20-10)21-9-5-4-8(15(17)18)6-7(9)2/h4-6H,3H2,1-2H3. The van der Waals surface area contributed by atoms with E-state index in [4.69, 9.17) is 9.15 Å². The summed E-state index contributed by atoms with van der Waals surface area (Å²) in [6.07, 6.45) is 0. The van der Waals surface area contributed by atoms with E-state index in [0.717, 1.165) is 16.7 Å². The number of nitrogens with zero attached hydrogens (tertiary/aromatic N) is 3. The largest absolute Gasteiger partial charge is 0.459 e. The molecule has 0 atom stereocenters. The minimum absolute atomic E-state index is 0.00888. The van der Waals surface area contributed by atoms with Crippen LogP contribution in [0.5, 0.6) is 0 Å². The van der Waals surface area contributed by atoms with Crippen molar-refractivity contribution in [3.63, 3.8) is 0 Å². The van der Waals surface area contributed by atoms with Crippen molar-refractivity contribution < 1.29 is 18.9 Å². The first-order chi connectivity index (χ1) is 10.0. The van der Waals surface area contributed by atoms with Crippen LogP contribution in [0.1, 0.15) is 23.2 Å². The van der Waals surface area contributed by atoms with Crippen LogP contribution in [0, 0.1) is 17.0 Å². The fraction of sp³-hybridized carbons (Fsp3) is 0.250. The third kappa shape index (κ3) is 3.57. The minimum atomic E-state index is -0.683. The van der Waals surface area contributed by atoms with Crippen LogP contribution in [0.2, 0.25) is 0 Å². The van der Waals surface area contributed by atoms with Gasteiger partial charge in [-0.1, -0.05) is 5.10 Å². The monoisotopic (exact) mass is 309 g/mol. The van der Waals surface area contributed by atoms with Gasteiger partial charge in [-0.15, -0.1) is 5.10 Å². The highest BCUT2D eigenvalue weighted by Crippen LogP contribution is 2.31. The highest BCUT2D eigenvalue weighted by atomic mass is 32.2. The molecular weight excluding hydrogens is 298 g/mol. The normalized spacial score (nSPS) is 10.4. The lowest BCUT2D eigenvalue weighted by molar-refractivity contribution is -0.385. The first kappa shape index (κ1) is 15.0. The van der Waals surface area contributed by atoms with Gasteiger partial charge in [0.2, 0.25) is 0 Å². The Hall–Kier alpha value is -2.42. The van der Waals surface area contributed by atoms with Gasteiger partial charge in [0.25, 0.3) is 10.9 Å². The summed E-state index contributed by atoms with van der Waals surface area (Å²) in [6, 6.07) is 4.43. The van der Waals surface area contributed by atoms with E-state index >= 15 is 0 Å². The van der Waals surface area contributed by atoms with Gasteiger partial charge >= 0.3 is 11.9 Å². The topological polar surface area (TPSA) is 108 Å². The molecule has 0 saturated heterocycles. The minimum Gasteiger partial charge on any atom is -0.459 e. The number of aromatic nitrogens is 2. The lowest BCUT2D eigenvalue weighted by Crippen LogP contribution is -2.04. The van der Waals surface area contributed by atoms with E-state index in [1.807, 2.05) is 0 Å². The van der Waals surface area contributed by atoms with Crippen molar-refractivity contribution in [3.8, 4) is 0 Å². The van der Waals surface area contributed by atoms with Gasteiger partial charge in [0, 0.05) is 17.0 Å². The Bertz CT molecular complexity index is 685. The molecule has 1 aromatic carbocycles. The second-order valence-electron chi connectivity index (χ2n) is 3.90. The molecule has 0 amide bonds. The van der Waals surface area contributed by atoms with Crippen molar-refractivity contribution in [2.45, 2.75) is 24.0 Å². The highest BCUT2D eigenvalue weighted by Gasteiger charge is 2.17. The number of non-ortho nitro benzene ring substituents is 1. The molecule has 0 N–H and O–H groups in total. The number of carbonyl (C=O) groups is 1. The zero-order valence-corrected chi connectivity index (χ0v) is 12.0. The number of nitro groups is 1. The molecular formula is C12H11N3O5S. The van der Waals surface area contributed by atoms with Crippen molar-refractivity contribution >= 4 is 23.4 Å². The fourth-order valence-electron chi connectivity index (χ4n) is 1.48. The summed E-state index contributed by atoms with van der Waals surface area (Å²) in [5, 5.41) is 18.1. The quantitative estimate of drug-likeness (QED) is 0.471. The highest BCUT2D eigenvalue weighted by molar-refractivity contribution is 7.99. The van der Waals surface area contributed by atoms with Crippen LogP contribution in [0.4, 0.5) is 5.69 Å². The number of esters is 1. The SMILES string of the molecule is CCOC(=O)c1nnc(Sc2ccc([N+](=O)[O-])cc2C)o1. The molecule has 1 heterocycles. The molecule has 0 bridgehead atoms. The molecule has 1 aromatic heterocycles. The van der Waals surface area contributed by atoms with E-state index in [9.17, 15) is 14.9 Å². The third-order valence-electron chi connectivity index (χ3n) is 2.42. The molecule has 2 aromatic rings. The van der Waals surface area contributed by atoms with Gasteiger partial charge < -0.3 is 9.15 Å². The van der Waals surface area contributed by atoms with Crippen LogP contribution in [-0.4, -0.2) is 27.7 Å². The van der Waals surface area contributed by atoms with E-state index in [0.29, 0.717) is 5.56 Å². The van der Waals surface area contributed by atoms with E-state index in [2.05, 4.69) is 10.2 Å². The second-order valence-corrected chi connectivity index (χ2v) is 4.90. The van der Waals surface area contributed by atoms with Crippen LogP contribution >= 0.6 is 11.8 Å². The number of benzene rings is 1. The third-order valence-corrected chi connectivity index (χ3v) is 3.44. The maximum Gasteiger partial charge on any atom is 0.396 e. The number of hydrogen-bond acceptors (Lipinski definition) is 8. The Morgan fingerprint density at radius 3 is 2.86 bits per heavy atom. The van der Waals surface area contributed by atoms with Crippen molar-refractivity contribution in [2.75, 3.05) is 6.61 Å². The number of ether oxygens (including phenoxy) is 1. The molecule has 0 spiro atoms. The van der Waals surface area contributed by atoms with Gasteiger partial charge in [0.05, 0.1) is 11.5 Å². The maximum atomic E-state index is 11.4. The van der Waals surface area contributed by atoms with Crippen LogP contribution < -0.4 is 0 Å². The summed E-state index contributed by atoms with van der Waals surface area (Å²) >= 11 is 1.12. The smallest absolute Gasteiger partial charge is 0.396 e. The Morgan fingerprint density at radius 1 is 1.48 bits per heavy atom. The number of carbonyl (C=O) groups excluding carboxylic acids is 1. The zero-order chi connectivity index (χ0) is 15.4. The molecule has 8 nitrogen and oxygen atoms in total. The van der Waals surface area contributed by atoms with Crippen LogP contribution in [0.15, 0.2) is 32.7 Å². The maximum absolute atomic E-state index is 11.4. The molecule has 0 saturated carbocycles. The Kier molecular flexibility index (Phi) is 4.53. The molecule has 21 heavy (non-hydrogen) atoms. The van der Waals surface area contributed by atoms with E-state index in [1.165, 1.54) is 12.1 Å². The molecule has 9 heteroatoms. The molecule has 0 fully saturated rings. The van der Waals surface area contributed by atoms with Crippen molar-refractivity contribution in [2.24, 2.45) is 0 Å². The Labute approximate surface area is 123 Å². The average molecular weight is 309 g/mol.